The molecule has 25 heavy (non-hydrogen) atoms. The van der Waals surface area contributed by atoms with E-state index in [2.05, 4.69) is 4.98 Å². The van der Waals surface area contributed by atoms with Crippen molar-refractivity contribution in [3.63, 3.8) is 0 Å². The van der Waals surface area contributed by atoms with E-state index in [1.165, 1.54) is 34.5 Å². The molecule has 0 fully saturated rings. The number of carbonyl (C=O) groups excluding carboxylic acids is 1. The van der Waals surface area contributed by atoms with Crippen molar-refractivity contribution in [1.29, 1.82) is 0 Å². The van der Waals surface area contributed by atoms with Crippen LogP contribution in [0.3, 0.4) is 0 Å². The molecular formula is C15H11ClN4O5. The number of aromatic nitrogens is 3. The van der Waals surface area contributed by atoms with E-state index < -0.39 is 10.9 Å². The van der Waals surface area contributed by atoms with Crippen LogP contribution in [0.15, 0.2) is 41.5 Å². The molecule has 3 aromatic rings. The molecule has 3 aromatic heterocycles. The molecule has 0 atom stereocenters. The zero-order valence-corrected chi connectivity index (χ0v) is 13.6. The molecule has 0 aliphatic heterocycles. The van der Waals surface area contributed by atoms with Crippen LogP contribution in [-0.2, 0) is 18.4 Å². The molecule has 0 unspecified atom stereocenters. The number of carbonyl (C=O) groups is 1. The molecule has 0 aromatic carbocycles. The number of fused-ring (bicyclic) bond motifs is 1. The van der Waals surface area contributed by atoms with Gasteiger partial charge in [-0.15, -0.1) is 0 Å². The molecule has 3 rings (SSSR count). The number of aryl methyl sites for hydroxylation is 1. The molecule has 0 saturated carbocycles. The molecule has 0 aliphatic rings. The van der Waals surface area contributed by atoms with Gasteiger partial charge in [0.25, 0.3) is 11.2 Å². The van der Waals surface area contributed by atoms with E-state index in [-0.39, 0.29) is 29.2 Å². The molecule has 0 aliphatic carbocycles. The maximum absolute atomic E-state index is 12.1. The van der Waals surface area contributed by atoms with Crippen LogP contribution in [0.4, 0.5) is 5.69 Å². The lowest BCUT2D eigenvalue weighted by atomic mass is 10.3. The molecule has 0 amide bonds. The second-order valence-corrected chi connectivity index (χ2v) is 5.63. The molecular weight excluding hydrogens is 352 g/mol. The number of ether oxygens (including phenoxy) is 1. The van der Waals surface area contributed by atoms with Crippen LogP contribution in [0.1, 0.15) is 16.2 Å². The van der Waals surface area contributed by atoms with Gasteiger partial charge in [0, 0.05) is 25.4 Å². The van der Waals surface area contributed by atoms with Crippen molar-refractivity contribution in [3.8, 4) is 0 Å². The first-order valence-corrected chi connectivity index (χ1v) is 7.38. The average molecular weight is 363 g/mol. The highest BCUT2D eigenvalue weighted by Crippen LogP contribution is 2.16. The zero-order valence-electron chi connectivity index (χ0n) is 12.9. The summed E-state index contributed by atoms with van der Waals surface area (Å²) in [5.41, 5.74) is 0.0549. The minimum Gasteiger partial charge on any atom is -0.454 e. The number of rotatable bonds is 4. The Hall–Kier alpha value is -3.20. The molecule has 128 valence electrons. The first-order chi connectivity index (χ1) is 11.8. The summed E-state index contributed by atoms with van der Waals surface area (Å²) < 4.78 is 7.67. The zero-order chi connectivity index (χ0) is 18.1. The van der Waals surface area contributed by atoms with Gasteiger partial charge in [0.2, 0.25) is 0 Å². The molecule has 0 radical (unpaired) electrons. The van der Waals surface area contributed by atoms with Crippen LogP contribution in [0.2, 0.25) is 5.02 Å². The van der Waals surface area contributed by atoms with Gasteiger partial charge in [0.1, 0.15) is 17.9 Å². The summed E-state index contributed by atoms with van der Waals surface area (Å²) in [4.78, 5) is 38.5. The van der Waals surface area contributed by atoms with Crippen LogP contribution < -0.4 is 5.56 Å². The molecule has 0 N–H and O–H groups in total. The summed E-state index contributed by atoms with van der Waals surface area (Å²) in [7, 11) is 1.49. The van der Waals surface area contributed by atoms with Crippen molar-refractivity contribution in [2.45, 2.75) is 6.61 Å². The summed E-state index contributed by atoms with van der Waals surface area (Å²) in [5, 5.41) is 11.1. The molecule has 0 bridgehead atoms. The molecule has 3 heterocycles. The van der Waals surface area contributed by atoms with Gasteiger partial charge >= 0.3 is 5.97 Å². The number of hydrogen-bond donors (Lipinski definition) is 0. The van der Waals surface area contributed by atoms with E-state index in [9.17, 15) is 19.7 Å². The van der Waals surface area contributed by atoms with Gasteiger partial charge in [-0.25, -0.2) is 9.78 Å². The summed E-state index contributed by atoms with van der Waals surface area (Å²) in [6, 6.07) is 5.49. The van der Waals surface area contributed by atoms with E-state index >= 15 is 0 Å². The number of nitrogens with zero attached hydrogens (tertiary/aromatic N) is 4. The highest BCUT2D eigenvalue weighted by atomic mass is 35.5. The number of halogens is 1. The average Bonchev–Trinajstić information content (AvgIpc) is 2.95. The van der Waals surface area contributed by atoms with Gasteiger partial charge in [-0.05, 0) is 12.1 Å². The SMILES string of the molecule is Cn1cc([N+](=O)[O-])cc1C(=O)OCc1cc(=O)n2cc(Cl)ccc2n1. The third kappa shape index (κ3) is 3.36. The minimum atomic E-state index is -0.756. The number of hydrogen-bond acceptors (Lipinski definition) is 6. The molecule has 9 nitrogen and oxygen atoms in total. The fourth-order valence-electron chi connectivity index (χ4n) is 2.26. The highest BCUT2D eigenvalue weighted by molar-refractivity contribution is 6.30. The van der Waals surface area contributed by atoms with E-state index in [1.807, 2.05) is 0 Å². The van der Waals surface area contributed by atoms with Crippen molar-refractivity contribution < 1.29 is 14.5 Å². The first kappa shape index (κ1) is 16.7. The Balaban J connectivity index is 1.80. The fraction of sp³-hybridized carbons (Fsp3) is 0.133. The van der Waals surface area contributed by atoms with Crippen molar-refractivity contribution in [1.82, 2.24) is 14.0 Å². The second-order valence-electron chi connectivity index (χ2n) is 5.19. The summed E-state index contributed by atoms with van der Waals surface area (Å²) in [6.07, 6.45) is 2.64. The van der Waals surface area contributed by atoms with Gasteiger partial charge < -0.3 is 9.30 Å². The van der Waals surface area contributed by atoms with Crippen molar-refractivity contribution in [3.05, 3.63) is 73.5 Å². The third-order valence-corrected chi connectivity index (χ3v) is 3.66. The summed E-state index contributed by atoms with van der Waals surface area (Å²) in [6.45, 7) is -0.244. The smallest absolute Gasteiger partial charge is 0.355 e. The largest absolute Gasteiger partial charge is 0.454 e. The normalized spacial score (nSPS) is 10.8. The lowest BCUT2D eigenvalue weighted by molar-refractivity contribution is -0.384. The Labute approximate surface area is 145 Å². The predicted octanol–water partition coefficient (Wildman–Crippen LogP) is 1.95. The van der Waals surface area contributed by atoms with Crippen LogP contribution >= 0.6 is 11.6 Å². The van der Waals surface area contributed by atoms with Crippen molar-refractivity contribution in [2.75, 3.05) is 0 Å². The van der Waals surface area contributed by atoms with Crippen LogP contribution in [0.25, 0.3) is 5.65 Å². The standard InChI is InChI=1S/C15H11ClN4O5/c1-18-7-11(20(23)24)5-12(18)15(22)25-8-10-4-14(21)19-6-9(16)2-3-13(19)17-10/h2-7H,8H2,1H3. The highest BCUT2D eigenvalue weighted by Gasteiger charge is 2.19. The van der Waals surface area contributed by atoms with Gasteiger partial charge in [-0.2, -0.15) is 0 Å². The van der Waals surface area contributed by atoms with E-state index in [0.29, 0.717) is 10.7 Å². The molecule has 0 spiro atoms. The van der Waals surface area contributed by atoms with Crippen LogP contribution in [0, 0.1) is 10.1 Å². The minimum absolute atomic E-state index is 0.0241. The predicted molar refractivity (Wildman–Crippen MR) is 87.7 cm³/mol. The Morgan fingerprint density at radius 3 is 2.80 bits per heavy atom. The maximum Gasteiger partial charge on any atom is 0.355 e. The van der Waals surface area contributed by atoms with Gasteiger partial charge in [-0.1, -0.05) is 11.6 Å². The quantitative estimate of drug-likeness (QED) is 0.398. The Morgan fingerprint density at radius 1 is 1.36 bits per heavy atom. The fourth-order valence-corrected chi connectivity index (χ4v) is 2.42. The van der Waals surface area contributed by atoms with E-state index in [0.717, 1.165) is 6.07 Å². The molecule has 10 heteroatoms. The van der Waals surface area contributed by atoms with Crippen molar-refractivity contribution >= 4 is 28.9 Å². The lowest BCUT2D eigenvalue weighted by Gasteiger charge is -2.06. The van der Waals surface area contributed by atoms with Crippen LogP contribution in [0.5, 0.6) is 0 Å². The lowest BCUT2D eigenvalue weighted by Crippen LogP contribution is -2.17. The maximum atomic E-state index is 12.1. The van der Waals surface area contributed by atoms with E-state index in [1.54, 1.807) is 12.1 Å². The topological polar surface area (TPSA) is 109 Å². The number of esters is 1. The Bertz CT molecular complexity index is 1060. The second kappa shape index (κ2) is 6.36. The number of nitro groups is 1. The van der Waals surface area contributed by atoms with Gasteiger partial charge in [0.05, 0.1) is 21.8 Å². The first-order valence-electron chi connectivity index (χ1n) is 7.01. The summed E-state index contributed by atoms with van der Waals surface area (Å²) >= 11 is 5.83. The van der Waals surface area contributed by atoms with Gasteiger partial charge in [0.15, 0.2) is 0 Å². The monoisotopic (exact) mass is 362 g/mol. The van der Waals surface area contributed by atoms with Crippen LogP contribution in [-0.4, -0.2) is 24.8 Å². The third-order valence-electron chi connectivity index (χ3n) is 3.44. The van der Waals surface area contributed by atoms with Gasteiger partial charge in [-0.3, -0.25) is 19.3 Å². The summed E-state index contributed by atoms with van der Waals surface area (Å²) in [5.74, 6) is -0.756. The number of pyridine rings is 1. The van der Waals surface area contributed by atoms with Crippen molar-refractivity contribution in [2.24, 2.45) is 7.05 Å². The Morgan fingerprint density at radius 2 is 2.12 bits per heavy atom. The Kier molecular flexibility index (Phi) is 4.24. The molecule has 0 saturated heterocycles. The van der Waals surface area contributed by atoms with E-state index in [4.69, 9.17) is 16.3 Å².